The van der Waals surface area contributed by atoms with Crippen molar-refractivity contribution in [2.45, 2.75) is 32.4 Å². The van der Waals surface area contributed by atoms with Gasteiger partial charge in [-0.15, -0.1) is 11.3 Å². The Bertz CT molecular complexity index is 375. The molecule has 1 unspecified atom stereocenters. The molecule has 96 valence electrons. The highest BCUT2D eigenvalue weighted by atomic mass is 32.1. The Morgan fingerprint density at radius 3 is 2.82 bits per heavy atom. The van der Waals surface area contributed by atoms with Crippen LogP contribution < -0.4 is 5.73 Å². The first kappa shape index (κ1) is 13.0. The normalized spacial score (nSPS) is 22.6. The van der Waals surface area contributed by atoms with Gasteiger partial charge in [-0.25, -0.2) is 0 Å². The summed E-state index contributed by atoms with van der Waals surface area (Å²) in [6.07, 6.45) is 0. The van der Waals surface area contributed by atoms with Crippen molar-refractivity contribution in [2.24, 2.45) is 5.73 Å². The van der Waals surface area contributed by atoms with Gasteiger partial charge in [-0.3, -0.25) is 4.90 Å². The number of hydrogen-bond donors (Lipinski definition) is 1. The van der Waals surface area contributed by atoms with Crippen molar-refractivity contribution in [3.05, 3.63) is 21.9 Å². The van der Waals surface area contributed by atoms with Crippen molar-refractivity contribution in [3.8, 4) is 0 Å². The molecule has 1 aromatic rings. The van der Waals surface area contributed by atoms with E-state index in [1.165, 1.54) is 9.75 Å². The predicted octanol–water partition coefficient (Wildman–Crippen LogP) is 2.17. The van der Waals surface area contributed by atoms with Gasteiger partial charge in [-0.05, 0) is 32.9 Å². The second-order valence-corrected chi connectivity index (χ2v) is 6.58. The molecule has 1 saturated heterocycles. The first-order chi connectivity index (χ1) is 8.04. The molecule has 4 heteroatoms. The summed E-state index contributed by atoms with van der Waals surface area (Å²) in [5, 5.41) is 0. The van der Waals surface area contributed by atoms with E-state index in [9.17, 15) is 0 Å². The SMILES string of the molecule is Cc1ccc(C(CN)N2CCOCC2(C)C)s1. The average Bonchev–Trinajstić information content (AvgIpc) is 2.68. The molecule has 2 N–H and O–H groups in total. The molecule has 3 nitrogen and oxygen atoms in total. The molecule has 0 aromatic carbocycles. The van der Waals surface area contributed by atoms with Gasteiger partial charge in [0, 0.05) is 28.4 Å². The Balaban J connectivity index is 2.22. The number of hydrogen-bond acceptors (Lipinski definition) is 4. The van der Waals surface area contributed by atoms with Gasteiger partial charge >= 0.3 is 0 Å². The van der Waals surface area contributed by atoms with Crippen LogP contribution >= 0.6 is 11.3 Å². The van der Waals surface area contributed by atoms with Crippen LogP contribution in [0.1, 0.15) is 29.6 Å². The molecule has 17 heavy (non-hydrogen) atoms. The molecular formula is C13H22N2OS. The van der Waals surface area contributed by atoms with Crippen molar-refractivity contribution in [2.75, 3.05) is 26.3 Å². The largest absolute Gasteiger partial charge is 0.378 e. The van der Waals surface area contributed by atoms with Crippen LogP contribution in [0.2, 0.25) is 0 Å². The lowest BCUT2D eigenvalue weighted by molar-refractivity contribution is -0.0706. The molecule has 1 aliphatic rings. The number of thiophene rings is 1. The fourth-order valence-electron chi connectivity index (χ4n) is 2.48. The maximum atomic E-state index is 5.99. The molecule has 1 fully saturated rings. The van der Waals surface area contributed by atoms with Gasteiger partial charge in [-0.2, -0.15) is 0 Å². The van der Waals surface area contributed by atoms with Crippen LogP contribution in [0.15, 0.2) is 12.1 Å². The molecule has 0 spiro atoms. The Kier molecular flexibility index (Phi) is 3.88. The first-order valence-electron chi connectivity index (χ1n) is 6.15. The van der Waals surface area contributed by atoms with Crippen LogP contribution in [0, 0.1) is 6.92 Å². The molecule has 0 saturated carbocycles. The summed E-state index contributed by atoms with van der Waals surface area (Å²) in [6.45, 7) is 9.84. The maximum absolute atomic E-state index is 5.99. The fraction of sp³-hybridized carbons (Fsp3) is 0.692. The van der Waals surface area contributed by atoms with Gasteiger partial charge in [-0.1, -0.05) is 0 Å². The van der Waals surface area contributed by atoms with Crippen molar-refractivity contribution in [1.82, 2.24) is 4.90 Å². The van der Waals surface area contributed by atoms with Gasteiger partial charge in [0.15, 0.2) is 0 Å². The summed E-state index contributed by atoms with van der Waals surface area (Å²) >= 11 is 1.85. The average molecular weight is 254 g/mol. The highest BCUT2D eigenvalue weighted by Gasteiger charge is 2.36. The molecule has 1 aromatic heterocycles. The van der Waals surface area contributed by atoms with Crippen LogP contribution in [-0.2, 0) is 4.74 Å². The summed E-state index contributed by atoms with van der Waals surface area (Å²) < 4.78 is 5.57. The van der Waals surface area contributed by atoms with E-state index in [4.69, 9.17) is 10.5 Å². The van der Waals surface area contributed by atoms with E-state index in [0.29, 0.717) is 12.6 Å². The van der Waals surface area contributed by atoms with Gasteiger partial charge in [0.05, 0.1) is 19.3 Å². The lowest BCUT2D eigenvalue weighted by Gasteiger charge is -2.46. The van der Waals surface area contributed by atoms with Gasteiger partial charge < -0.3 is 10.5 Å². The third-order valence-corrected chi connectivity index (χ3v) is 4.50. The highest BCUT2D eigenvalue weighted by Crippen LogP contribution is 2.33. The molecule has 0 bridgehead atoms. The van der Waals surface area contributed by atoms with Gasteiger partial charge in [0.1, 0.15) is 0 Å². The van der Waals surface area contributed by atoms with Crippen molar-refractivity contribution in [1.29, 1.82) is 0 Å². The van der Waals surface area contributed by atoms with E-state index < -0.39 is 0 Å². The van der Waals surface area contributed by atoms with Crippen molar-refractivity contribution in [3.63, 3.8) is 0 Å². The summed E-state index contributed by atoms with van der Waals surface area (Å²) in [5.74, 6) is 0. The molecule has 1 aliphatic heterocycles. The number of morpholine rings is 1. The molecule has 2 heterocycles. The van der Waals surface area contributed by atoms with E-state index in [1.807, 2.05) is 11.3 Å². The number of ether oxygens (including phenoxy) is 1. The molecule has 0 aliphatic carbocycles. The van der Waals surface area contributed by atoms with Crippen LogP contribution in [0.4, 0.5) is 0 Å². The second kappa shape index (κ2) is 5.06. The van der Waals surface area contributed by atoms with Crippen molar-refractivity contribution >= 4 is 11.3 Å². The fourth-order valence-corrected chi connectivity index (χ4v) is 3.48. The summed E-state index contributed by atoms with van der Waals surface area (Å²) in [5.41, 5.74) is 6.06. The summed E-state index contributed by atoms with van der Waals surface area (Å²) in [7, 11) is 0. The second-order valence-electron chi connectivity index (χ2n) is 5.26. The third-order valence-electron chi connectivity index (χ3n) is 3.40. The number of nitrogens with zero attached hydrogens (tertiary/aromatic N) is 1. The van der Waals surface area contributed by atoms with E-state index in [0.717, 1.165) is 19.8 Å². The third kappa shape index (κ3) is 2.71. The lowest BCUT2D eigenvalue weighted by atomic mass is 9.99. The lowest BCUT2D eigenvalue weighted by Crippen LogP contribution is -2.55. The minimum atomic E-state index is 0.0696. The standard InChI is InChI=1S/C13H22N2OS/c1-10-4-5-12(17-10)11(8-14)15-6-7-16-9-13(15,2)3/h4-5,11H,6-9,14H2,1-3H3. The van der Waals surface area contributed by atoms with Crippen LogP contribution in [0.5, 0.6) is 0 Å². The molecule has 0 amide bonds. The maximum Gasteiger partial charge on any atom is 0.0645 e. The zero-order chi connectivity index (χ0) is 12.5. The predicted molar refractivity (Wildman–Crippen MR) is 72.5 cm³/mol. The topological polar surface area (TPSA) is 38.5 Å². The smallest absolute Gasteiger partial charge is 0.0645 e. The quantitative estimate of drug-likeness (QED) is 0.898. The van der Waals surface area contributed by atoms with Crippen LogP contribution in [0.3, 0.4) is 0 Å². The van der Waals surface area contributed by atoms with Crippen LogP contribution in [0.25, 0.3) is 0 Å². The summed E-state index contributed by atoms with van der Waals surface area (Å²) in [6, 6.07) is 4.71. The van der Waals surface area contributed by atoms with E-state index >= 15 is 0 Å². The van der Waals surface area contributed by atoms with E-state index in [-0.39, 0.29) is 5.54 Å². The Hall–Kier alpha value is -0.420. The zero-order valence-electron chi connectivity index (χ0n) is 10.9. The number of aryl methyl sites for hydroxylation is 1. The van der Waals surface area contributed by atoms with Crippen molar-refractivity contribution < 1.29 is 4.74 Å². The Morgan fingerprint density at radius 2 is 2.29 bits per heavy atom. The molecule has 0 radical (unpaired) electrons. The zero-order valence-corrected chi connectivity index (χ0v) is 11.7. The molecule has 2 rings (SSSR count). The first-order valence-corrected chi connectivity index (χ1v) is 6.97. The minimum absolute atomic E-state index is 0.0696. The molecular weight excluding hydrogens is 232 g/mol. The van der Waals surface area contributed by atoms with Gasteiger partial charge in [0.2, 0.25) is 0 Å². The minimum Gasteiger partial charge on any atom is -0.378 e. The van der Waals surface area contributed by atoms with Gasteiger partial charge in [0.25, 0.3) is 0 Å². The van der Waals surface area contributed by atoms with E-state index in [1.54, 1.807) is 0 Å². The highest BCUT2D eigenvalue weighted by molar-refractivity contribution is 7.12. The van der Waals surface area contributed by atoms with Crippen LogP contribution in [-0.4, -0.2) is 36.7 Å². The Morgan fingerprint density at radius 1 is 1.53 bits per heavy atom. The summed E-state index contributed by atoms with van der Waals surface area (Å²) in [4.78, 5) is 5.21. The number of rotatable bonds is 3. The molecule has 1 atom stereocenters. The van der Waals surface area contributed by atoms with E-state index in [2.05, 4.69) is 37.8 Å². The Labute approximate surface area is 108 Å². The number of nitrogens with two attached hydrogens (primary N) is 1. The monoisotopic (exact) mass is 254 g/mol.